The third kappa shape index (κ3) is 6.34. The summed E-state index contributed by atoms with van der Waals surface area (Å²) in [4.78, 5) is 9.66. The van der Waals surface area contributed by atoms with Crippen molar-refractivity contribution in [3.63, 3.8) is 0 Å². The molecule has 28 heavy (non-hydrogen) atoms. The minimum absolute atomic E-state index is 0. The number of nitrogens with one attached hydrogen (secondary N) is 1. The highest BCUT2D eigenvalue weighted by Gasteiger charge is 2.29. The number of guanidine groups is 1. The number of piperazine rings is 1. The fourth-order valence-electron chi connectivity index (χ4n) is 4.68. The summed E-state index contributed by atoms with van der Waals surface area (Å²) in [5.41, 5.74) is 1.27. The molecular formula is C21H39IN6. The Morgan fingerprint density at radius 3 is 2.39 bits per heavy atom. The summed E-state index contributed by atoms with van der Waals surface area (Å²) in [5, 5.41) is 7.76. The van der Waals surface area contributed by atoms with Crippen LogP contribution in [0, 0.1) is 11.8 Å². The summed E-state index contributed by atoms with van der Waals surface area (Å²) in [7, 11) is 3.86. The molecular weight excluding hydrogens is 463 g/mol. The molecule has 2 aliphatic rings. The van der Waals surface area contributed by atoms with Crippen molar-refractivity contribution in [1.82, 2.24) is 24.9 Å². The van der Waals surface area contributed by atoms with Crippen molar-refractivity contribution in [2.45, 2.75) is 52.0 Å². The Bertz CT molecular complexity index is 598. The lowest BCUT2D eigenvalue weighted by Crippen LogP contribution is -2.55. The standard InChI is InChI=1S/C21H38N6.HI/c1-17(2)19-5-7-20(8-6-19)26-11-13-27(14-12-26)21(22-3)23-10-9-18-15-24-25(4)16-18;/h15-17,19-20H,5-14H2,1-4H3,(H,22,23);1H. The maximum atomic E-state index is 4.51. The third-order valence-electron chi connectivity index (χ3n) is 6.48. The molecule has 0 bridgehead atoms. The molecule has 1 aromatic heterocycles. The average molecular weight is 502 g/mol. The molecule has 1 N–H and O–H groups in total. The molecule has 0 unspecified atom stereocenters. The smallest absolute Gasteiger partial charge is 0.193 e. The molecule has 0 atom stereocenters. The van der Waals surface area contributed by atoms with E-state index in [2.05, 4.69) is 45.3 Å². The molecule has 0 amide bonds. The van der Waals surface area contributed by atoms with Crippen molar-refractivity contribution in [3.8, 4) is 0 Å². The SMILES string of the molecule is CN=C(NCCc1cnn(C)c1)N1CCN(C2CCC(C(C)C)CC2)CC1.I. The van der Waals surface area contributed by atoms with Gasteiger partial charge in [0.05, 0.1) is 6.20 Å². The van der Waals surface area contributed by atoms with E-state index in [1.54, 1.807) is 0 Å². The molecule has 0 radical (unpaired) electrons. The van der Waals surface area contributed by atoms with Crippen LogP contribution >= 0.6 is 24.0 Å². The van der Waals surface area contributed by atoms with Crippen molar-refractivity contribution in [1.29, 1.82) is 0 Å². The van der Waals surface area contributed by atoms with Crippen LogP contribution in [0.15, 0.2) is 17.4 Å². The van der Waals surface area contributed by atoms with Gasteiger partial charge < -0.3 is 10.2 Å². The van der Waals surface area contributed by atoms with Crippen LogP contribution in [0.4, 0.5) is 0 Å². The fraction of sp³-hybridized carbons (Fsp3) is 0.810. The van der Waals surface area contributed by atoms with Crippen LogP contribution in [0.1, 0.15) is 45.1 Å². The number of hydrogen-bond donors (Lipinski definition) is 1. The first-order chi connectivity index (χ1) is 13.1. The zero-order chi connectivity index (χ0) is 19.2. The topological polar surface area (TPSA) is 48.7 Å². The third-order valence-corrected chi connectivity index (χ3v) is 6.48. The summed E-state index contributed by atoms with van der Waals surface area (Å²) < 4.78 is 1.86. The second-order valence-electron chi connectivity index (χ2n) is 8.58. The fourth-order valence-corrected chi connectivity index (χ4v) is 4.68. The van der Waals surface area contributed by atoms with Crippen molar-refractivity contribution in [2.75, 3.05) is 39.8 Å². The number of nitrogens with zero attached hydrogens (tertiary/aromatic N) is 5. The summed E-state index contributed by atoms with van der Waals surface area (Å²) in [6.45, 7) is 10.2. The van der Waals surface area contributed by atoms with Gasteiger partial charge >= 0.3 is 0 Å². The highest BCUT2D eigenvalue weighted by molar-refractivity contribution is 14.0. The van der Waals surface area contributed by atoms with E-state index in [1.807, 2.05) is 25.0 Å². The highest BCUT2D eigenvalue weighted by Crippen LogP contribution is 2.32. The molecule has 6 nitrogen and oxygen atoms in total. The Balaban J connectivity index is 0.00000280. The van der Waals surface area contributed by atoms with Crippen molar-refractivity contribution >= 4 is 29.9 Å². The maximum absolute atomic E-state index is 4.51. The van der Waals surface area contributed by atoms with E-state index in [0.717, 1.165) is 49.9 Å². The number of halogens is 1. The van der Waals surface area contributed by atoms with Crippen LogP contribution in [0.3, 0.4) is 0 Å². The number of aliphatic imine (C=N–C) groups is 1. The van der Waals surface area contributed by atoms with E-state index in [-0.39, 0.29) is 24.0 Å². The van der Waals surface area contributed by atoms with Gasteiger partial charge in [0.25, 0.3) is 0 Å². The van der Waals surface area contributed by atoms with E-state index < -0.39 is 0 Å². The van der Waals surface area contributed by atoms with E-state index in [0.29, 0.717) is 0 Å². The van der Waals surface area contributed by atoms with Crippen LogP contribution in [0.25, 0.3) is 0 Å². The molecule has 1 aliphatic carbocycles. The molecule has 1 aliphatic heterocycles. The molecule has 0 spiro atoms. The lowest BCUT2D eigenvalue weighted by molar-refractivity contribution is 0.0864. The first-order valence-corrected chi connectivity index (χ1v) is 10.7. The molecule has 1 saturated carbocycles. The Morgan fingerprint density at radius 2 is 1.86 bits per heavy atom. The van der Waals surface area contributed by atoms with Crippen molar-refractivity contribution < 1.29 is 0 Å². The van der Waals surface area contributed by atoms with Crippen LogP contribution in [0.5, 0.6) is 0 Å². The first-order valence-electron chi connectivity index (χ1n) is 10.7. The molecule has 1 saturated heterocycles. The van der Waals surface area contributed by atoms with Gasteiger partial charge in [-0.25, -0.2) is 0 Å². The summed E-state index contributed by atoms with van der Waals surface area (Å²) >= 11 is 0. The lowest BCUT2D eigenvalue weighted by Gasteiger charge is -2.43. The summed E-state index contributed by atoms with van der Waals surface area (Å²) in [6, 6.07) is 0.808. The van der Waals surface area contributed by atoms with Gasteiger partial charge in [-0.05, 0) is 49.5 Å². The average Bonchev–Trinajstić information content (AvgIpc) is 3.11. The minimum atomic E-state index is 0. The van der Waals surface area contributed by atoms with Crippen molar-refractivity contribution in [2.24, 2.45) is 23.9 Å². The van der Waals surface area contributed by atoms with Gasteiger partial charge in [-0.3, -0.25) is 14.6 Å². The van der Waals surface area contributed by atoms with Crippen LogP contribution in [0.2, 0.25) is 0 Å². The number of rotatable bonds is 5. The monoisotopic (exact) mass is 502 g/mol. The van der Waals surface area contributed by atoms with Crippen LogP contribution in [-0.4, -0.2) is 71.4 Å². The summed E-state index contributed by atoms with van der Waals surface area (Å²) in [6.07, 6.45) is 10.6. The predicted octanol–water partition coefficient (Wildman–Crippen LogP) is 2.99. The Morgan fingerprint density at radius 1 is 1.18 bits per heavy atom. The second-order valence-corrected chi connectivity index (χ2v) is 8.58. The number of aryl methyl sites for hydroxylation is 1. The zero-order valence-corrected chi connectivity index (χ0v) is 20.4. The molecule has 1 aromatic rings. The Hall–Kier alpha value is -0.830. The van der Waals surface area contributed by atoms with E-state index in [1.165, 1.54) is 44.3 Å². The summed E-state index contributed by atoms with van der Waals surface area (Å²) in [5.74, 6) is 2.84. The second kappa shape index (κ2) is 11.4. The minimum Gasteiger partial charge on any atom is -0.356 e. The lowest BCUT2D eigenvalue weighted by atomic mass is 9.79. The highest BCUT2D eigenvalue weighted by atomic mass is 127. The van der Waals surface area contributed by atoms with Crippen molar-refractivity contribution in [3.05, 3.63) is 18.0 Å². The predicted molar refractivity (Wildman–Crippen MR) is 127 cm³/mol. The normalized spacial score (nSPS) is 24.3. The van der Waals surface area contributed by atoms with Gasteiger partial charge in [0.1, 0.15) is 0 Å². The quantitative estimate of drug-likeness (QED) is 0.382. The molecule has 2 fully saturated rings. The van der Waals surface area contributed by atoms with E-state index >= 15 is 0 Å². The van der Waals surface area contributed by atoms with Gasteiger partial charge in [-0.1, -0.05) is 13.8 Å². The number of aromatic nitrogens is 2. The molecule has 7 heteroatoms. The van der Waals surface area contributed by atoms with Gasteiger partial charge in [0, 0.05) is 59.1 Å². The maximum Gasteiger partial charge on any atom is 0.193 e. The van der Waals surface area contributed by atoms with Gasteiger partial charge in [-0.15, -0.1) is 24.0 Å². The molecule has 160 valence electrons. The van der Waals surface area contributed by atoms with Crippen LogP contribution in [-0.2, 0) is 13.5 Å². The van der Waals surface area contributed by atoms with Gasteiger partial charge in [0.15, 0.2) is 5.96 Å². The van der Waals surface area contributed by atoms with Gasteiger partial charge in [0.2, 0.25) is 0 Å². The largest absolute Gasteiger partial charge is 0.356 e. The van der Waals surface area contributed by atoms with E-state index in [4.69, 9.17) is 0 Å². The first kappa shape index (κ1) is 23.4. The Kier molecular flexibility index (Phi) is 9.53. The molecule has 0 aromatic carbocycles. The van der Waals surface area contributed by atoms with Gasteiger partial charge in [-0.2, -0.15) is 5.10 Å². The molecule has 2 heterocycles. The zero-order valence-electron chi connectivity index (χ0n) is 18.1. The van der Waals surface area contributed by atoms with E-state index in [9.17, 15) is 0 Å². The number of hydrogen-bond acceptors (Lipinski definition) is 3. The molecule has 3 rings (SSSR count). The Labute approximate surface area is 188 Å². The van der Waals surface area contributed by atoms with Crippen LogP contribution < -0.4 is 5.32 Å².